The van der Waals surface area contributed by atoms with Crippen LogP contribution in [0, 0.1) is 0 Å². The number of rotatable bonds is 2. The highest BCUT2D eigenvalue weighted by Crippen LogP contribution is 2.56. The van der Waals surface area contributed by atoms with Gasteiger partial charge in [0.1, 0.15) is 0 Å². The third-order valence-corrected chi connectivity index (χ3v) is 6.29. The second-order valence-corrected chi connectivity index (χ2v) is 8.03. The van der Waals surface area contributed by atoms with Gasteiger partial charge in [-0.2, -0.15) is 0 Å². The van der Waals surface area contributed by atoms with Gasteiger partial charge < -0.3 is 0 Å². The molecule has 2 aromatic heterocycles. The molecular weight excluding hydrogens is 388 g/mol. The zero-order chi connectivity index (χ0) is 20.1. The maximum Gasteiger partial charge on any atom is 0.0890 e. The summed E-state index contributed by atoms with van der Waals surface area (Å²) >= 11 is 6.53. The van der Waals surface area contributed by atoms with Crippen molar-refractivity contribution >= 4 is 22.6 Å². The molecule has 0 saturated heterocycles. The molecule has 0 N–H and O–H groups in total. The van der Waals surface area contributed by atoms with Crippen molar-refractivity contribution in [3.05, 3.63) is 131 Å². The van der Waals surface area contributed by atoms with Crippen molar-refractivity contribution in [1.29, 1.82) is 0 Å². The van der Waals surface area contributed by atoms with Gasteiger partial charge in [0.15, 0.2) is 0 Å². The summed E-state index contributed by atoms with van der Waals surface area (Å²) in [5.74, 6) is 0. The van der Waals surface area contributed by atoms with E-state index in [0.717, 1.165) is 27.3 Å². The van der Waals surface area contributed by atoms with Crippen LogP contribution < -0.4 is 0 Å². The lowest BCUT2D eigenvalue weighted by molar-refractivity contribution is 0.739. The smallest absolute Gasteiger partial charge is 0.0890 e. The number of nitrogens with zero attached hydrogens (tertiary/aromatic N) is 2. The highest BCUT2D eigenvalue weighted by atomic mass is 35.5. The lowest BCUT2D eigenvalue weighted by Gasteiger charge is -2.32. The first-order chi connectivity index (χ1) is 14.8. The second-order valence-electron chi connectivity index (χ2n) is 7.59. The Morgan fingerprint density at radius 3 is 2.33 bits per heavy atom. The highest BCUT2D eigenvalue weighted by molar-refractivity contribution is 6.30. The lowest BCUT2D eigenvalue weighted by Crippen LogP contribution is -2.29. The van der Waals surface area contributed by atoms with E-state index in [0.29, 0.717) is 0 Å². The van der Waals surface area contributed by atoms with Crippen LogP contribution in [0.3, 0.4) is 0 Å². The summed E-state index contributed by atoms with van der Waals surface area (Å²) in [6, 6.07) is 33.5. The Balaban J connectivity index is 1.80. The minimum absolute atomic E-state index is 0.540. The van der Waals surface area contributed by atoms with Gasteiger partial charge in [0.05, 0.1) is 22.1 Å². The van der Waals surface area contributed by atoms with Gasteiger partial charge in [0.25, 0.3) is 0 Å². The SMILES string of the molecule is Clc1ccc2c(c1)C(c1ccccc1)(c1ccc3ncccc3n1)c1ccccc1-2. The predicted octanol–water partition coefficient (Wildman–Crippen LogP) is 6.65. The first kappa shape index (κ1) is 17.4. The van der Waals surface area contributed by atoms with E-state index in [1.807, 2.05) is 18.2 Å². The molecule has 0 radical (unpaired) electrons. The largest absolute Gasteiger partial charge is 0.255 e. The maximum absolute atomic E-state index is 6.53. The Morgan fingerprint density at radius 1 is 0.633 bits per heavy atom. The zero-order valence-electron chi connectivity index (χ0n) is 16.1. The molecule has 1 aliphatic carbocycles. The molecule has 1 atom stereocenters. The van der Waals surface area contributed by atoms with Gasteiger partial charge in [0.2, 0.25) is 0 Å². The van der Waals surface area contributed by atoms with Gasteiger partial charge in [-0.25, -0.2) is 4.98 Å². The van der Waals surface area contributed by atoms with E-state index < -0.39 is 5.41 Å². The van der Waals surface area contributed by atoms with Crippen LogP contribution in [0.15, 0.2) is 103 Å². The molecule has 6 rings (SSSR count). The van der Waals surface area contributed by atoms with Crippen molar-refractivity contribution in [2.45, 2.75) is 5.41 Å². The van der Waals surface area contributed by atoms with Crippen LogP contribution in [0.2, 0.25) is 5.02 Å². The van der Waals surface area contributed by atoms with Crippen molar-refractivity contribution in [3.63, 3.8) is 0 Å². The van der Waals surface area contributed by atoms with Gasteiger partial charge in [-0.05, 0) is 64.2 Å². The first-order valence-electron chi connectivity index (χ1n) is 9.96. The Morgan fingerprint density at radius 2 is 1.43 bits per heavy atom. The Labute approximate surface area is 179 Å². The van der Waals surface area contributed by atoms with Gasteiger partial charge in [-0.3, -0.25) is 4.98 Å². The van der Waals surface area contributed by atoms with Gasteiger partial charge in [-0.15, -0.1) is 0 Å². The molecular formula is C27H17ClN2. The molecule has 2 heterocycles. The number of hydrogen-bond acceptors (Lipinski definition) is 2. The molecule has 1 aliphatic rings. The summed E-state index contributed by atoms with van der Waals surface area (Å²) < 4.78 is 0. The van der Waals surface area contributed by atoms with Gasteiger partial charge in [0, 0.05) is 11.2 Å². The molecule has 0 bridgehead atoms. The van der Waals surface area contributed by atoms with Crippen LogP contribution >= 0.6 is 11.6 Å². The van der Waals surface area contributed by atoms with E-state index in [1.54, 1.807) is 6.20 Å². The van der Waals surface area contributed by atoms with Crippen molar-refractivity contribution < 1.29 is 0 Å². The third-order valence-electron chi connectivity index (χ3n) is 6.05. The van der Waals surface area contributed by atoms with Crippen molar-refractivity contribution in [3.8, 4) is 11.1 Å². The highest BCUT2D eigenvalue weighted by Gasteiger charge is 2.47. The summed E-state index contributed by atoms with van der Waals surface area (Å²) in [6.07, 6.45) is 1.80. The molecule has 2 nitrogen and oxygen atoms in total. The average Bonchev–Trinajstić information content (AvgIpc) is 3.09. The average molecular weight is 405 g/mol. The molecule has 5 aromatic rings. The Kier molecular flexibility index (Phi) is 3.77. The minimum atomic E-state index is -0.540. The molecule has 30 heavy (non-hydrogen) atoms. The zero-order valence-corrected chi connectivity index (χ0v) is 16.8. The summed E-state index contributed by atoms with van der Waals surface area (Å²) in [5, 5.41) is 0.726. The van der Waals surface area contributed by atoms with Crippen molar-refractivity contribution in [2.75, 3.05) is 0 Å². The van der Waals surface area contributed by atoms with Crippen molar-refractivity contribution in [1.82, 2.24) is 9.97 Å². The molecule has 142 valence electrons. The first-order valence-corrected chi connectivity index (χ1v) is 10.3. The second kappa shape index (κ2) is 6.51. The molecule has 3 aromatic carbocycles. The van der Waals surface area contributed by atoms with Crippen LogP contribution in [-0.2, 0) is 5.41 Å². The van der Waals surface area contributed by atoms with Crippen molar-refractivity contribution in [2.24, 2.45) is 0 Å². The fraction of sp³-hybridized carbons (Fsp3) is 0.0370. The van der Waals surface area contributed by atoms with Crippen LogP contribution in [0.5, 0.6) is 0 Å². The number of benzene rings is 3. The molecule has 0 saturated carbocycles. The third kappa shape index (κ3) is 2.31. The van der Waals surface area contributed by atoms with E-state index in [2.05, 4.69) is 83.8 Å². The van der Waals surface area contributed by atoms with E-state index in [1.165, 1.54) is 22.3 Å². The summed E-state index contributed by atoms with van der Waals surface area (Å²) in [5.41, 5.74) is 8.20. The fourth-order valence-corrected chi connectivity index (χ4v) is 5.01. The van der Waals surface area contributed by atoms with E-state index in [9.17, 15) is 0 Å². The standard InChI is InChI=1S/C27H17ClN2/c28-19-12-13-21-20-9-4-5-10-22(20)27(23(21)17-19,18-7-2-1-3-8-18)26-15-14-24-25(30-26)11-6-16-29-24/h1-17H. The molecule has 1 unspecified atom stereocenters. The Bertz CT molecular complexity index is 1410. The summed E-state index contributed by atoms with van der Waals surface area (Å²) in [4.78, 5) is 9.59. The lowest BCUT2D eigenvalue weighted by atomic mass is 9.70. The quantitative estimate of drug-likeness (QED) is 0.323. The molecule has 0 fully saturated rings. The van der Waals surface area contributed by atoms with Crippen LogP contribution in [0.25, 0.3) is 22.2 Å². The molecule has 0 spiro atoms. The van der Waals surface area contributed by atoms with Crippen LogP contribution in [-0.4, -0.2) is 9.97 Å². The Hall–Kier alpha value is -3.49. The topological polar surface area (TPSA) is 25.8 Å². The molecule has 3 heteroatoms. The van der Waals surface area contributed by atoms with E-state index in [-0.39, 0.29) is 0 Å². The van der Waals surface area contributed by atoms with Gasteiger partial charge >= 0.3 is 0 Å². The number of hydrogen-bond donors (Lipinski definition) is 0. The minimum Gasteiger partial charge on any atom is -0.255 e. The van der Waals surface area contributed by atoms with E-state index in [4.69, 9.17) is 16.6 Å². The van der Waals surface area contributed by atoms with E-state index >= 15 is 0 Å². The fourth-order valence-electron chi connectivity index (χ4n) is 4.84. The van der Waals surface area contributed by atoms with Gasteiger partial charge in [-0.1, -0.05) is 72.3 Å². The van der Waals surface area contributed by atoms with Crippen LogP contribution in [0.4, 0.5) is 0 Å². The number of halogens is 1. The molecule has 0 amide bonds. The normalized spacial score (nSPS) is 17.0. The summed E-state index contributed by atoms with van der Waals surface area (Å²) in [7, 11) is 0. The van der Waals surface area contributed by atoms with Crippen LogP contribution in [0.1, 0.15) is 22.4 Å². The monoisotopic (exact) mass is 404 g/mol. The number of pyridine rings is 2. The summed E-state index contributed by atoms with van der Waals surface area (Å²) in [6.45, 7) is 0. The maximum atomic E-state index is 6.53. The predicted molar refractivity (Wildman–Crippen MR) is 122 cm³/mol. The number of fused-ring (bicyclic) bond motifs is 4. The number of aromatic nitrogens is 2. The molecule has 0 aliphatic heterocycles.